The fourth-order valence-corrected chi connectivity index (χ4v) is 2.87. The minimum atomic E-state index is -0.996. The van der Waals surface area contributed by atoms with Crippen LogP contribution in [0.4, 0.5) is 0 Å². The van der Waals surface area contributed by atoms with Crippen LogP contribution < -0.4 is 15.4 Å². The maximum Gasteiger partial charge on any atom is 0.304 e. The van der Waals surface area contributed by atoms with Crippen LogP contribution in [0.1, 0.15) is 39.2 Å². The van der Waals surface area contributed by atoms with E-state index in [2.05, 4.69) is 10.6 Å². The van der Waals surface area contributed by atoms with Crippen molar-refractivity contribution in [2.24, 2.45) is 11.8 Å². The second-order valence-electron chi connectivity index (χ2n) is 7.12. The van der Waals surface area contributed by atoms with E-state index in [9.17, 15) is 14.4 Å². The molecule has 1 aromatic carbocycles. The van der Waals surface area contributed by atoms with Crippen molar-refractivity contribution >= 4 is 17.8 Å². The van der Waals surface area contributed by atoms with Gasteiger partial charge in [0.05, 0.1) is 19.6 Å². The number of rotatable bonds is 11. The average Bonchev–Trinajstić information content (AvgIpc) is 2.58. The fourth-order valence-electron chi connectivity index (χ4n) is 2.87. The predicted molar refractivity (Wildman–Crippen MR) is 103 cm³/mol. The van der Waals surface area contributed by atoms with E-state index in [1.165, 1.54) is 6.92 Å². The van der Waals surface area contributed by atoms with Crippen molar-refractivity contribution in [3.8, 4) is 5.75 Å². The number of carboxylic acid groups (broad SMARTS) is 1. The highest BCUT2D eigenvalue weighted by molar-refractivity contribution is 5.83. The van der Waals surface area contributed by atoms with Crippen LogP contribution in [0.25, 0.3) is 0 Å². The Morgan fingerprint density at radius 3 is 2.26 bits per heavy atom. The van der Waals surface area contributed by atoms with Crippen molar-refractivity contribution in [3.05, 3.63) is 29.8 Å². The zero-order chi connectivity index (χ0) is 20.4. The van der Waals surface area contributed by atoms with Crippen molar-refractivity contribution in [1.82, 2.24) is 10.6 Å². The van der Waals surface area contributed by atoms with Crippen LogP contribution in [-0.4, -0.2) is 42.6 Å². The standard InChI is InChI=1S/C20H30N2O5/c1-13(2)9-16(11-19(24)25)20(26)22-17(12-21-14(3)23)10-15-5-7-18(27-4)8-6-15/h5-8,13,16-17H,9-12H2,1-4H3,(H,21,23)(H,22,26)(H,24,25)/t16-,17+/m1/s1. The molecule has 27 heavy (non-hydrogen) atoms. The molecule has 0 radical (unpaired) electrons. The Hall–Kier alpha value is -2.57. The van der Waals surface area contributed by atoms with Crippen molar-refractivity contribution < 1.29 is 24.2 Å². The number of hydrogen-bond donors (Lipinski definition) is 3. The number of aliphatic carboxylic acids is 1. The van der Waals surface area contributed by atoms with E-state index in [4.69, 9.17) is 9.84 Å². The van der Waals surface area contributed by atoms with E-state index in [1.54, 1.807) is 7.11 Å². The third-order valence-corrected chi connectivity index (χ3v) is 4.13. The first-order chi connectivity index (χ1) is 12.7. The van der Waals surface area contributed by atoms with Gasteiger partial charge in [-0.3, -0.25) is 14.4 Å². The Balaban J connectivity index is 2.84. The molecule has 0 saturated carbocycles. The number of benzene rings is 1. The first-order valence-corrected chi connectivity index (χ1v) is 9.10. The molecule has 0 aliphatic carbocycles. The summed E-state index contributed by atoms with van der Waals surface area (Å²) in [6.45, 7) is 5.59. The number of nitrogens with one attached hydrogen (secondary N) is 2. The molecule has 3 N–H and O–H groups in total. The first-order valence-electron chi connectivity index (χ1n) is 9.10. The Morgan fingerprint density at radius 2 is 1.78 bits per heavy atom. The number of ether oxygens (including phenoxy) is 1. The van der Waals surface area contributed by atoms with Gasteiger partial charge in [-0.05, 0) is 36.5 Å². The summed E-state index contributed by atoms with van der Waals surface area (Å²) < 4.78 is 5.14. The summed E-state index contributed by atoms with van der Waals surface area (Å²) in [5.74, 6) is -1.14. The summed E-state index contributed by atoms with van der Waals surface area (Å²) in [6.07, 6.45) is 0.796. The number of carbonyl (C=O) groups excluding carboxylic acids is 2. The molecule has 0 fully saturated rings. The van der Waals surface area contributed by atoms with E-state index < -0.39 is 11.9 Å². The highest BCUT2D eigenvalue weighted by Crippen LogP contribution is 2.17. The SMILES string of the molecule is COc1ccc(C[C@@H](CNC(C)=O)NC(=O)[C@@H](CC(=O)O)CC(C)C)cc1. The van der Waals surface area contributed by atoms with Crippen molar-refractivity contribution in [3.63, 3.8) is 0 Å². The maximum absolute atomic E-state index is 12.7. The van der Waals surface area contributed by atoms with Crippen LogP contribution in [0.3, 0.4) is 0 Å². The second-order valence-corrected chi connectivity index (χ2v) is 7.12. The Bertz CT molecular complexity index is 628. The molecule has 1 aromatic rings. The zero-order valence-corrected chi connectivity index (χ0v) is 16.5. The maximum atomic E-state index is 12.7. The Morgan fingerprint density at radius 1 is 1.15 bits per heavy atom. The lowest BCUT2D eigenvalue weighted by Gasteiger charge is -2.23. The fraction of sp³-hybridized carbons (Fsp3) is 0.550. The molecule has 0 heterocycles. The zero-order valence-electron chi connectivity index (χ0n) is 16.5. The lowest BCUT2D eigenvalue weighted by molar-refractivity contribution is -0.141. The molecule has 0 bridgehead atoms. The monoisotopic (exact) mass is 378 g/mol. The summed E-state index contributed by atoms with van der Waals surface area (Å²) in [5, 5.41) is 14.7. The Labute approximate surface area is 160 Å². The van der Waals surface area contributed by atoms with Gasteiger partial charge in [-0.1, -0.05) is 26.0 Å². The lowest BCUT2D eigenvalue weighted by Crippen LogP contribution is -2.47. The van der Waals surface area contributed by atoms with Crippen molar-refractivity contribution in [1.29, 1.82) is 0 Å². The van der Waals surface area contributed by atoms with Crippen LogP contribution in [0.2, 0.25) is 0 Å². The molecule has 2 atom stereocenters. The van der Waals surface area contributed by atoms with Gasteiger partial charge >= 0.3 is 5.97 Å². The van der Waals surface area contributed by atoms with Gasteiger partial charge in [0.2, 0.25) is 11.8 Å². The minimum Gasteiger partial charge on any atom is -0.497 e. The van der Waals surface area contributed by atoms with Crippen molar-refractivity contribution in [2.45, 2.75) is 46.1 Å². The van der Waals surface area contributed by atoms with Gasteiger partial charge < -0.3 is 20.5 Å². The van der Waals surface area contributed by atoms with Crippen molar-refractivity contribution in [2.75, 3.05) is 13.7 Å². The molecule has 7 nitrogen and oxygen atoms in total. The molecule has 1 rings (SSSR count). The topological polar surface area (TPSA) is 105 Å². The molecule has 0 aromatic heterocycles. The number of amides is 2. The van der Waals surface area contributed by atoms with Gasteiger partial charge in [0.1, 0.15) is 5.75 Å². The van der Waals surface area contributed by atoms with Gasteiger partial charge in [-0.25, -0.2) is 0 Å². The van der Waals surface area contributed by atoms with E-state index in [1.807, 2.05) is 38.1 Å². The quantitative estimate of drug-likeness (QED) is 0.546. The van der Waals surface area contributed by atoms with Crippen LogP contribution in [-0.2, 0) is 20.8 Å². The van der Waals surface area contributed by atoms with E-state index in [0.29, 0.717) is 12.8 Å². The van der Waals surface area contributed by atoms with Crippen LogP contribution >= 0.6 is 0 Å². The number of carbonyl (C=O) groups is 3. The summed E-state index contributed by atoms with van der Waals surface area (Å²) in [4.78, 5) is 35.0. The van der Waals surface area contributed by atoms with Crippen LogP contribution in [0.15, 0.2) is 24.3 Å². The van der Waals surface area contributed by atoms with Crippen LogP contribution in [0.5, 0.6) is 5.75 Å². The van der Waals surface area contributed by atoms with E-state index >= 15 is 0 Å². The smallest absolute Gasteiger partial charge is 0.304 e. The molecule has 0 saturated heterocycles. The molecule has 0 unspecified atom stereocenters. The normalized spacial score (nSPS) is 12.9. The first kappa shape index (κ1) is 22.5. The number of methoxy groups -OCH3 is 1. The molecule has 0 spiro atoms. The largest absolute Gasteiger partial charge is 0.497 e. The molecule has 0 aliphatic rings. The summed E-state index contributed by atoms with van der Waals surface area (Å²) in [6, 6.07) is 7.12. The molecular weight excluding hydrogens is 348 g/mol. The number of hydrogen-bond acceptors (Lipinski definition) is 4. The predicted octanol–water partition coefficient (Wildman–Crippen LogP) is 2.00. The number of carboxylic acids is 1. The van der Waals surface area contributed by atoms with Gasteiger partial charge in [0.15, 0.2) is 0 Å². The summed E-state index contributed by atoms with van der Waals surface area (Å²) in [7, 11) is 1.59. The van der Waals surface area contributed by atoms with Gasteiger partial charge in [0.25, 0.3) is 0 Å². The van der Waals surface area contributed by atoms with Gasteiger partial charge in [-0.2, -0.15) is 0 Å². The molecule has 2 amide bonds. The molecule has 7 heteroatoms. The second kappa shape index (κ2) is 11.2. The Kier molecular flexibility index (Phi) is 9.33. The molecule has 150 valence electrons. The van der Waals surface area contributed by atoms with E-state index in [-0.39, 0.29) is 36.7 Å². The highest BCUT2D eigenvalue weighted by atomic mass is 16.5. The third kappa shape index (κ3) is 9.08. The molecular formula is C20H30N2O5. The van der Waals surface area contributed by atoms with E-state index in [0.717, 1.165) is 11.3 Å². The van der Waals surface area contributed by atoms with Crippen LogP contribution in [0, 0.1) is 11.8 Å². The lowest BCUT2D eigenvalue weighted by atomic mass is 9.92. The summed E-state index contributed by atoms with van der Waals surface area (Å²) >= 11 is 0. The van der Waals surface area contributed by atoms with Gasteiger partial charge in [-0.15, -0.1) is 0 Å². The van der Waals surface area contributed by atoms with Gasteiger partial charge in [0, 0.05) is 19.4 Å². The minimum absolute atomic E-state index is 0.187. The molecule has 0 aliphatic heterocycles. The summed E-state index contributed by atoms with van der Waals surface area (Å²) in [5.41, 5.74) is 0.977. The third-order valence-electron chi connectivity index (χ3n) is 4.13. The highest BCUT2D eigenvalue weighted by Gasteiger charge is 2.25. The average molecular weight is 378 g/mol.